The fourth-order valence-electron chi connectivity index (χ4n) is 1.56. The van der Waals surface area contributed by atoms with Crippen molar-refractivity contribution < 1.29 is 0 Å². The first-order chi connectivity index (χ1) is 7.36. The summed E-state index contributed by atoms with van der Waals surface area (Å²) < 4.78 is 0. The Hall–Kier alpha value is -2.37. The van der Waals surface area contributed by atoms with E-state index in [0.29, 0.717) is 10.9 Å². The number of hydrogen-bond donors (Lipinski definition) is 1. The monoisotopic (exact) mass is 199 g/mol. The second kappa shape index (κ2) is 2.81. The molecule has 0 radical (unpaired) electrons. The lowest BCUT2D eigenvalue weighted by molar-refractivity contribution is 0.873. The summed E-state index contributed by atoms with van der Waals surface area (Å²) in [5.41, 5.74) is 0.290. The van der Waals surface area contributed by atoms with Crippen LogP contribution in [0.4, 0.5) is 0 Å². The van der Waals surface area contributed by atoms with Crippen molar-refractivity contribution in [2.75, 3.05) is 0 Å². The molecule has 72 valence electrons. The van der Waals surface area contributed by atoms with Gasteiger partial charge in [0.2, 0.25) is 0 Å². The van der Waals surface area contributed by atoms with E-state index in [9.17, 15) is 4.79 Å². The van der Waals surface area contributed by atoms with Crippen molar-refractivity contribution in [2.24, 2.45) is 0 Å². The summed E-state index contributed by atoms with van der Waals surface area (Å²) >= 11 is 0. The summed E-state index contributed by atoms with van der Waals surface area (Å²) in [6.07, 6.45) is 3.16. The molecule has 3 rings (SSSR count). The Morgan fingerprint density at radius 3 is 2.93 bits per heavy atom. The molecule has 0 saturated carbocycles. The summed E-state index contributed by atoms with van der Waals surface area (Å²) in [6.45, 7) is 0. The second-order valence-electron chi connectivity index (χ2n) is 3.09. The highest BCUT2D eigenvalue weighted by Gasteiger charge is 2.05. The molecule has 6 heteroatoms. The first-order valence-electron chi connectivity index (χ1n) is 4.31. The van der Waals surface area contributed by atoms with Crippen LogP contribution in [0, 0.1) is 0 Å². The van der Waals surface area contributed by atoms with E-state index in [1.54, 1.807) is 18.5 Å². The molecule has 2 aromatic heterocycles. The van der Waals surface area contributed by atoms with E-state index in [4.69, 9.17) is 0 Å². The van der Waals surface area contributed by atoms with E-state index in [0.717, 1.165) is 10.8 Å². The number of fused-ring (bicyclic) bond motifs is 3. The molecule has 0 unspecified atom stereocenters. The zero-order valence-electron chi connectivity index (χ0n) is 7.51. The van der Waals surface area contributed by atoms with E-state index in [1.807, 2.05) is 6.07 Å². The lowest BCUT2D eigenvalue weighted by atomic mass is 10.1. The highest BCUT2D eigenvalue weighted by atomic mass is 16.1. The van der Waals surface area contributed by atoms with Crippen LogP contribution in [-0.4, -0.2) is 25.6 Å². The summed E-state index contributed by atoms with van der Waals surface area (Å²) in [4.78, 5) is 11.6. The number of rotatable bonds is 0. The van der Waals surface area contributed by atoms with Crippen molar-refractivity contribution >= 4 is 21.7 Å². The highest BCUT2D eigenvalue weighted by Crippen LogP contribution is 2.18. The van der Waals surface area contributed by atoms with Crippen molar-refractivity contribution in [2.45, 2.75) is 0 Å². The molecule has 0 spiro atoms. The minimum Gasteiger partial charge on any atom is -0.267 e. The minimum atomic E-state index is -0.265. The van der Waals surface area contributed by atoms with Gasteiger partial charge in [0.25, 0.3) is 5.56 Å². The number of aromatic amines is 1. The van der Waals surface area contributed by atoms with Crippen molar-refractivity contribution in [3.05, 3.63) is 34.9 Å². The molecule has 0 aliphatic rings. The SMILES string of the molecule is O=c1[nH]nnc2ccc3cnncc3c12. The molecule has 1 aromatic carbocycles. The van der Waals surface area contributed by atoms with E-state index in [1.165, 1.54) is 0 Å². The summed E-state index contributed by atoms with van der Waals surface area (Å²) in [5, 5.41) is 19.2. The third kappa shape index (κ3) is 1.08. The largest absolute Gasteiger partial charge is 0.275 e. The van der Waals surface area contributed by atoms with Gasteiger partial charge in [0.05, 0.1) is 17.8 Å². The number of nitrogens with one attached hydrogen (secondary N) is 1. The minimum absolute atomic E-state index is 0.265. The van der Waals surface area contributed by atoms with Crippen molar-refractivity contribution in [3.8, 4) is 0 Å². The highest BCUT2D eigenvalue weighted by molar-refractivity contribution is 6.04. The first-order valence-corrected chi connectivity index (χ1v) is 4.31. The molecule has 0 aliphatic heterocycles. The number of benzene rings is 1. The number of hydrogen-bond acceptors (Lipinski definition) is 5. The van der Waals surface area contributed by atoms with Gasteiger partial charge < -0.3 is 0 Å². The molecule has 0 atom stereocenters. The molecule has 0 bridgehead atoms. The van der Waals surface area contributed by atoms with E-state index >= 15 is 0 Å². The molecule has 0 aliphatic carbocycles. The molecule has 3 aromatic rings. The molecule has 0 saturated heterocycles. The van der Waals surface area contributed by atoms with Crippen LogP contribution in [0.2, 0.25) is 0 Å². The maximum absolute atomic E-state index is 11.6. The molecule has 0 amide bonds. The molecular formula is C9H5N5O. The van der Waals surface area contributed by atoms with Crippen molar-refractivity contribution in [1.29, 1.82) is 0 Å². The van der Waals surface area contributed by atoms with Gasteiger partial charge in [-0.1, -0.05) is 11.3 Å². The number of aromatic nitrogens is 5. The maximum Gasteiger partial charge on any atom is 0.275 e. The van der Waals surface area contributed by atoms with Gasteiger partial charge in [-0.05, 0) is 6.07 Å². The van der Waals surface area contributed by atoms with Crippen LogP contribution in [0.15, 0.2) is 29.3 Å². The molecule has 1 N–H and O–H groups in total. The van der Waals surface area contributed by atoms with Crippen LogP contribution in [0.5, 0.6) is 0 Å². The van der Waals surface area contributed by atoms with E-state index in [2.05, 4.69) is 25.6 Å². The van der Waals surface area contributed by atoms with Crippen LogP contribution in [0.1, 0.15) is 0 Å². The maximum atomic E-state index is 11.6. The third-order valence-corrected chi connectivity index (χ3v) is 2.24. The fraction of sp³-hybridized carbons (Fsp3) is 0. The van der Waals surface area contributed by atoms with Gasteiger partial charge in [-0.3, -0.25) is 4.79 Å². The third-order valence-electron chi connectivity index (χ3n) is 2.24. The summed E-state index contributed by atoms with van der Waals surface area (Å²) in [6, 6.07) is 3.57. The lowest BCUT2D eigenvalue weighted by Crippen LogP contribution is -2.10. The second-order valence-corrected chi connectivity index (χ2v) is 3.09. The Balaban J connectivity index is 2.70. The molecular weight excluding hydrogens is 194 g/mol. The lowest BCUT2D eigenvalue weighted by Gasteiger charge is -1.98. The zero-order valence-corrected chi connectivity index (χ0v) is 7.51. The standard InChI is InChI=1S/C9H5N5O/c15-9-8-6-4-11-10-3-5(6)1-2-7(8)12-14-13-9/h1-4H,(H,12,13,15). The average molecular weight is 199 g/mol. The van der Waals surface area contributed by atoms with Crippen LogP contribution < -0.4 is 5.56 Å². The molecule has 2 heterocycles. The first kappa shape index (κ1) is 7.98. The van der Waals surface area contributed by atoms with Crippen molar-refractivity contribution in [3.63, 3.8) is 0 Å². The predicted molar refractivity (Wildman–Crippen MR) is 53.3 cm³/mol. The smallest absolute Gasteiger partial charge is 0.267 e. The zero-order chi connectivity index (χ0) is 10.3. The van der Waals surface area contributed by atoms with Gasteiger partial charge in [-0.15, -0.1) is 5.10 Å². The van der Waals surface area contributed by atoms with E-state index < -0.39 is 0 Å². The van der Waals surface area contributed by atoms with Gasteiger partial charge >= 0.3 is 0 Å². The van der Waals surface area contributed by atoms with Gasteiger partial charge in [-0.25, -0.2) is 5.10 Å². The van der Waals surface area contributed by atoms with Gasteiger partial charge in [-0.2, -0.15) is 10.2 Å². The van der Waals surface area contributed by atoms with Crippen LogP contribution in [0.25, 0.3) is 21.7 Å². The van der Waals surface area contributed by atoms with Gasteiger partial charge in [0.15, 0.2) is 0 Å². The normalized spacial score (nSPS) is 10.9. The van der Waals surface area contributed by atoms with E-state index in [-0.39, 0.29) is 5.56 Å². The Morgan fingerprint density at radius 1 is 1.13 bits per heavy atom. The predicted octanol–water partition coefficient (Wildman–Crippen LogP) is 0.261. The average Bonchev–Trinajstić information content (AvgIpc) is 2.29. The van der Waals surface area contributed by atoms with Gasteiger partial charge in [0, 0.05) is 10.8 Å². The van der Waals surface area contributed by atoms with Crippen LogP contribution in [-0.2, 0) is 0 Å². The topological polar surface area (TPSA) is 84.4 Å². The number of nitrogens with zero attached hydrogens (tertiary/aromatic N) is 4. The van der Waals surface area contributed by atoms with Crippen molar-refractivity contribution in [1.82, 2.24) is 25.6 Å². The molecule has 0 fully saturated rings. The van der Waals surface area contributed by atoms with Gasteiger partial charge in [0.1, 0.15) is 5.52 Å². The summed E-state index contributed by atoms with van der Waals surface area (Å²) in [5.74, 6) is 0. The summed E-state index contributed by atoms with van der Waals surface area (Å²) in [7, 11) is 0. The quantitative estimate of drug-likeness (QED) is 0.525. The molecule has 15 heavy (non-hydrogen) atoms. The Morgan fingerprint density at radius 2 is 2.00 bits per heavy atom. The fourth-order valence-corrected chi connectivity index (χ4v) is 1.56. The van der Waals surface area contributed by atoms with Crippen LogP contribution in [0.3, 0.4) is 0 Å². The van der Waals surface area contributed by atoms with Crippen LogP contribution >= 0.6 is 0 Å². The number of H-pyrrole nitrogens is 1. The Bertz CT molecular complexity index is 705. The molecule has 6 nitrogen and oxygen atoms in total. The Kier molecular flexibility index (Phi) is 1.49. The Labute approximate surface area is 83.0 Å².